The third-order valence-corrected chi connectivity index (χ3v) is 6.25. The van der Waals surface area contributed by atoms with E-state index in [1.807, 2.05) is 0 Å². The van der Waals surface area contributed by atoms with Crippen molar-refractivity contribution in [3.05, 3.63) is 64.7 Å². The molecule has 0 unspecified atom stereocenters. The van der Waals surface area contributed by atoms with Crippen molar-refractivity contribution in [2.45, 2.75) is 43.4 Å². The van der Waals surface area contributed by atoms with Gasteiger partial charge in [0, 0.05) is 17.5 Å². The molecule has 26 heavy (non-hydrogen) atoms. The second-order valence-electron chi connectivity index (χ2n) is 7.08. The Hall–Kier alpha value is -2.21. The summed E-state index contributed by atoms with van der Waals surface area (Å²) in [6.07, 6.45) is 3.18. The fourth-order valence-electron chi connectivity index (χ4n) is 3.36. The number of amides is 1. The molecule has 1 N–H and O–H groups in total. The van der Waals surface area contributed by atoms with E-state index in [0.29, 0.717) is 12.1 Å². The quantitative estimate of drug-likeness (QED) is 0.808. The molecule has 0 aliphatic heterocycles. The number of halogens is 1. The maximum absolute atomic E-state index is 12.9. The van der Waals surface area contributed by atoms with Crippen molar-refractivity contribution in [2.24, 2.45) is 0 Å². The first-order valence-electron chi connectivity index (χ1n) is 8.62. The van der Waals surface area contributed by atoms with Crippen molar-refractivity contribution < 1.29 is 17.1 Å². The van der Waals surface area contributed by atoms with E-state index in [1.54, 1.807) is 0 Å². The second kappa shape index (κ2) is 6.83. The van der Waals surface area contributed by atoms with Crippen LogP contribution in [0.4, 0.5) is 3.89 Å². The lowest BCUT2D eigenvalue weighted by molar-refractivity contribution is 0.0927. The van der Waals surface area contributed by atoms with Gasteiger partial charge in [0.2, 0.25) is 0 Å². The first-order valence-corrected chi connectivity index (χ1v) is 10.0. The van der Waals surface area contributed by atoms with E-state index in [-0.39, 0.29) is 11.3 Å². The average molecular weight is 375 g/mol. The maximum atomic E-state index is 12.9. The van der Waals surface area contributed by atoms with Gasteiger partial charge in [-0.2, -0.15) is 8.42 Å². The van der Waals surface area contributed by atoms with Crippen molar-refractivity contribution in [3.8, 4) is 0 Å². The van der Waals surface area contributed by atoms with Crippen LogP contribution in [0.1, 0.15) is 46.3 Å². The molecule has 0 atom stereocenters. The number of hydrogen-bond donors (Lipinski definition) is 1. The molecule has 6 heteroatoms. The molecule has 1 fully saturated rings. The molecule has 1 amide bonds. The molecule has 0 aromatic heterocycles. The molecular weight excluding hydrogens is 353 g/mol. The van der Waals surface area contributed by atoms with Crippen LogP contribution in [0.25, 0.3) is 0 Å². The Bertz CT molecular complexity index is 932. The summed E-state index contributed by atoms with van der Waals surface area (Å²) in [6.45, 7) is 4.69. The van der Waals surface area contributed by atoms with E-state index in [4.69, 9.17) is 0 Å². The molecule has 1 aliphatic carbocycles. The molecular formula is C20H22FNO3S. The number of nitrogens with one attached hydrogen (secondary N) is 1. The molecule has 0 heterocycles. The number of carbonyl (C=O) groups is 1. The molecule has 3 rings (SSSR count). The van der Waals surface area contributed by atoms with E-state index in [0.717, 1.165) is 31.4 Å². The predicted molar refractivity (Wildman–Crippen MR) is 98.5 cm³/mol. The van der Waals surface area contributed by atoms with Crippen molar-refractivity contribution in [2.75, 3.05) is 6.54 Å². The van der Waals surface area contributed by atoms with Crippen LogP contribution < -0.4 is 5.32 Å². The number of benzene rings is 2. The zero-order chi connectivity index (χ0) is 18.9. The van der Waals surface area contributed by atoms with Crippen molar-refractivity contribution >= 4 is 16.1 Å². The summed E-state index contributed by atoms with van der Waals surface area (Å²) in [5.41, 5.74) is 3.99. The molecule has 0 radical (unpaired) electrons. The summed E-state index contributed by atoms with van der Waals surface area (Å²) in [7, 11) is -4.75. The van der Waals surface area contributed by atoms with Gasteiger partial charge in [-0.15, -0.1) is 3.89 Å². The van der Waals surface area contributed by atoms with Gasteiger partial charge in [0.05, 0.1) is 4.90 Å². The number of rotatable bonds is 5. The zero-order valence-corrected chi connectivity index (χ0v) is 15.7. The van der Waals surface area contributed by atoms with Crippen molar-refractivity contribution in [3.63, 3.8) is 0 Å². The summed E-state index contributed by atoms with van der Waals surface area (Å²) >= 11 is 0. The predicted octanol–water partition coefficient (Wildman–Crippen LogP) is 3.81. The molecule has 2 aromatic carbocycles. The second-order valence-corrected chi connectivity index (χ2v) is 8.42. The third kappa shape index (κ3) is 3.65. The number of carbonyl (C=O) groups excluding carboxylic acids is 1. The van der Waals surface area contributed by atoms with Crippen LogP contribution in [0.2, 0.25) is 0 Å². The van der Waals surface area contributed by atoms with Crippen LogP contribution in [0.5, 0.6) is 0 Å². The van der Waals surface area contributed by atoms with Gasteiger partial charge in [-0.1, -0.05) is 24.6 Å². The first-order chi connectivity index (χ1) is 12.2. The zero-order valence-electron chi connectivity index (χ0n) is 14.9. The molecule has 1 aliphatic rings. The fraction of sp³-hybridized carbons (Fsp3) is 0.350. The highest BCUT2D eigenvalue weighted by Crippen LogP contribution is 2.43. The minimum Gasteiger partial charge on any atom is -0.351 e. The van der Waals surface area contributed by atoms with Crippen LogP contribution in [0.3, 0.4) is 0 Å². The Balaban J connectivity index is 1.72. The van der Waals surface area contributed by atoms with E-state index >= 15 is 0 Å². The first kappa shape index (κ1) is 18.6. The van der Waals surface area contributed by atoms with Gasteiger partial charge < -0.3 is 5.32 Å². The molecule has 138 valence electrons. The van der Waals surface area contributed by atoms with Gasteiger partial charge in [0.25, 0.3) is 5.91 Å². The maximum Gasteiger partial charge on any atom is 0.332 e. The van der Waals surface area contributed by atoms with Crippen LogP contribution in [-0.2, 0) is 15.6 Å². The Morgan fingerprint density at radius 2 is 1.73 bits per heavy atom. The summed E-state index contributed by atoms with van der Waals surface area (Å²) < 4.78 is 34.6. The minimum absolute atomic E-state index is 0.0453. The summed E-state index contributed by atoms with van der Waals surface area (Å²) in [6, 6.07) is 11.3. The highest BCUT2D eigenvalue weighted by Gasteiger charge is 2.39. The third-order valence-electron chi connectivity index (χ3n) is 5.42. The Morgan fingerprint density at radius 1 is 1.08 bits per heavy atom. The monoisotopic (exact) mass is 375 g/mol. The standard InChI is InChI=1S/C20H22FNO3S/c1-14-4-7-17(12-15(14)2)20(10-3-11-20)13-22-19(23)16-5-8-18(9-6-16)26(21,24)25/h4-9,12H,3,10-11,13H2,1-2H3,(H,22,23). The lowest BCUT2D eigenvalue weighted by Gasteiger charge is -2.43. The summed E-state index contributed by atoms with van der Waals surface area (Å²) in [5, 5.41) is 2.95. The fourth-order valence-corrected chi connectivity index (χ4v) is 3.82. The van der Waals surface area contributed by atoms with Crippen LogP contribution >= 0.6 is 0 Å². The van der Waals surface area contributed by atoms with Crippen LogP contribution in [0, 0.1) is 13.8 Å². The van der Waals surface area contributed by atoms with E-state index in [2.05, 4.69) is 37.4 Å². The van der Waals surface area contributed by atoms with Gasteiger partial charge in [-0.05, 0) is 67.6 Å². The van der Waals surface area contributed by atoms with Crippen LogP contribution in [0.15, 0.2) is 47.4 Å². The Morgan fingerprint density at radius 3 is 2.23 bits per heavy atom. The summed E-state index contributed by atoms with van der Waals surface area (Å²) in [5.74, 6) is -0.289. The molecule has 2 aromatic rings. The van der Waals surface area contributed by atoms with E-state index in [1.165, 1.54) is 28.8 Å². The smallest absolute Gasteiger partial charge is 0.332 e. The SMILES string of the molecule is Cc1ccc(C2(CNC(=O)c3ccc(S(=O)(=O)F)cc3)CCC2)cc1C. The molecule has 0 bridgehead atoms. The molecule has 4 nitrogen and oxygen atoms in total. The molecule has 1 saturated carbocycles. The number of aryl methyl sites for hydroxylation is 2. The van der Waals surface area contributed by atoms with Crippen molar-refractivity contribution in [1.82, 2.24) is 5.32 Å². The van der Waals surface area contributed by atoms with E-state index in [9.17, 15) is 17.1 Å². The van der Waals surface area contributed by atoms with E-state index < -0.39 is 15.1 Å². The highest BCUT2D eigenvalue weighted by molar-refractivity contribution is 7.86. The Kier molecular flexibility index (Phi) is 4.88. The molecule has 0 saturated heterocycles. The van der Waals surface area contributed by atoms with Gasteiger partial charge in [-0.25, -0.2) is 0 Å². The van der Waals surface area contributed by atoms with Gasteiger partial charge in [0.15, 0.2) is 0 Å². The topological polar surface area (TPSA) is 63.2 Å². The highest BCUT2D eigenvalue weighted by atomic mass is 32.3. The lowest BCUT2D eigenvalue weighted by atomic mass is 9.64. The average Bonchev–Trinajstić information content (AvgIpc) is 2.56. The minimum atomic E-state index is -4.75. The van der Waals surface area contributed by atoms with Gasteiger partial charge in [-0.3, -0.25) is 4.79 Å². The van der Waals surface area contributed by atoms with Crippen molar-refractivity contribution in [1.29, 1.82) is 0 Å². The lowest BCUT2D eigenvalue weighted by Crippen LogP contribution is -2.45. The largest absolute Gasteiger partial charge is 0.351 e. The van der Waals surface area contributed by atoms with Gasteiger partial charge >= 0.3 is 10.2 Å². The normalized spacial score (nSPS) is 16.0. The Labute approximate surface area is 153 Å². The molecule has 0 spiro atoms. The van der Waals surface area contributed by atoms with Crippen LogP contribution in [-0.4, -0.2) is 20.9 Å². The number of hydrogen-bond acceptors (Lipinski definition) is 3. The summed E-state index contributed by atoms with van der Waals surface area (Å²) in [4.78, 5) is 11.9. The van der Waals surface area contributed by atoms with Gasteiger partial charge in [0.1, 0.15) is 0 Å².